The first-order valence-electron chi connectivity index (χ1n) is 8.67. The van der Waals surface area contributed by atoms with Gasteiger partial charge >= 0.3 is 5.92 Å². The third-order valence-corrected chi connectivity index (χ3v) is 5.08. The first kappa shape index (κ1) is 20.3. The van der Waals surface area contributed by atoms with Gasteiger partial charge in [0.2, 0.25) is 5.91 Å². The molecular formula is C20H20F4N2O2. The van der Waals surface area contributed by atoms with Crippen molar-refractivity contribution in [2.24, 2.45) is 0 Å². The molecule has 0 radical (unpaired) electrons. The van der Waals surface area contributed by atoms with E-state index >= 15 is 8.78 Å². The Hall–Kier alpha value is -2.48. The number of ether oxygens (including phenoxy) is 1. The highest BCUT2D eigenvalue weighted by Crippen LogP contribution is 2.48. The number of rotatable bonds is 3. The summed E-state index contributed by atoms with van der Waals surface area (Å²) in [5, 5.41) is 2.23. The first-order chi connectivity index (χ1) is 13.0. The van der Waals surface area contributed by atoms with Gasteiger partial charge in [-0.25, -0.2) is 17.6 Å². The summed E-state index contributed by atoms with van der Waals surface area (Å²) in [5.41, 5.74) is -3.76. The lowest BCUT2D eigenvalue weighted by Gasteiger charge is -2.43. The van der Waals surface area contributed by atoms with Gasteiger partial charge in [-0.05, 0) is 56.5 Å². The van der Waals surface area contributed by atoms with Crippen molar-refractivity contribution in [1.29, 1.82) is 0 Å². The van der Waals surface area contributed by atoms with E-state index in [9.17, 15) is 13.6 Å². The lowest BCUT2D eigenvalue weighted by atomic mass is 9.77. The molecule has 1 N–H and O–H groups in total. The molecule has 1 amide bonds. The molecule has 1 aromatic carbocycles. The van der Waals surface area contributed by atoms with Crippen molar-refractivity contribution in [1.82, 2.24) is 10.3 Å². The molecule has 4 nitrogen and oxygen atoms in total. The molecule has 2 aromatic rings. The van der Waals surface area contributed by atoms with Gasteiger partial charge in [-0.1, -0.05) is 6.07 Å². The quantitative estimate of drug-likeness (QED) is 0.805. The molecule has 0 saturated carbocycles. The van der Waals surface area contributed by atoms with Gasteiger partial charge in [0.25, 0.3) is 0 Å². The van der Waals surface area contributed by atoms with Crippen LogP contribution in [-0.2, 0) is 21.5 Å². The van der Waals surface area contributed by atoms with Crippen molar-refractivity contribution in [2.75, 3.05) is 6.61 Å². The summed E-state index contributed by atoms with van der Waals surface area (Å²) in [5.74, 6) is -5.83. The minimum Gasteiger partial charge on any atom is -0.359 e. The fraction of sp³-hybridized carbons (Fsp3) is 0.400. The third-order valence-electron chi connectivity index (χ3n) is 5.08. The molecule has 2 heterocycles. The van der Waals surface area contributed by atoms with E-state index in [1.807, 2.05) is 0 Å². The first-order valence-corrected chi connectivity index (χ1v) is 8.67. The largest absolute Gasteiger partial charge is 0.359 e. The predicted octanol–water partition coefficient (Wildman–Crippen LogP) is 3.73. The molecule has 1 atom stereocenters. The summed E-state index contributed by atoms with van der Waals surface area (Å²) in [7, 11) is 0. The molecule has 8 heteroatoms. The molecule has 0 bridgehead atoms. The number of nitrogens with zero attached hydrogens (tertiary/aromatic N) is 1. The Morgan fingerprint density at radius 1 is 1.11 bits per heavy atom. The van der Waals surface area contributed by atoms with E-state index in [4.69, 9.17) is 4.74 Å². The van der Waals surface area contributed by atoms with Crippen LogP contribution in [0.15, 0.2) is 36.7 Å². The van der Waals surface area contributed by atoms with Gasteiger partial charge in [0.1, 0.15) is 29.4 Å². The second-order valence-corrected chi connectivity index (χ2v) is 7.55. The predicted molar refractivity (Wildman–Crippen MR) is 93.9 cm³/mol. The highest BCUT2D eigenvalue weighted by Gasteiger charge is 2.64. The monoisotopic (exact) mass is 396 g/mol. The van der Waals surface area contributed by atoms with Crippen molar-refractivity contribution < 1.29 is 27.1 Å². The van der Waals surface area contributed by atoms with Gasteiger partial charge < -0.3 is 10.1 Å². The fourth-order valence-electron chi connectivity index (χ4n) is 3.42. The standard InChI is InChI=1S/C20H20F4N2O2/c1-18(2)20(23,24)19(3,26-17(27)11-28-18)15-8-12(4-5-16(15)22)6-13-7-14(21)10-25-9-13/h4-5,7-10H,6,11H2,1-3H3,(H,26,27)/t19-/m1/s1. The maximum atomic E-state index is 15.4. The van der Waals surface area contributed by atoms with Crippen LogP contribution in [0.4, 0.5) is 17.6 Å². The molecule has 1 aliphatic heterocycles. The van der Waals surface area contributed by atoms with Gasteiger partial charge in [-0.3, -0.25) is 9.78 Å². The van der Waals surface area contributed by atoms with Crippen LogP contribution in [0.2, 0.25) is 0 Å². The Bertz CT molecular complexity index is 917. The Balaban J connectivity index is 2.09. The third kappa shape index (κ3) is 3.37. The van der Waals surface area contributed by atoms with E-state index < -0.39 is 41.2 Å². The van der Waals surface area contributed by atoms with Crippen molar-refractivity contribution in [2.45, 2.75) is 44.3 Å². The number of alkyl halides is 2. The lowest BCUT2D eigenvalue weighted by molar-refractivity contribution is -0.216. The number of aromatic nitrogens is 1. The zero-order valence-electron chi connectivity index (χ0n) is 15.7. The molecule has 1 aliphatic rings. The van der Waals surface area contributed by atoms with Crippen molar-refractivity contribution in [3.63, 3.8) is 0 Å². The summed E-state index contributed by atoms with van der Waals surface area (Å²) in [4.78, 5) is 15.8. The minimum absolute atomic E-state index is 0.160. The lowest BCUT2D eigenvalue weighted by Crippen LogP contribution is -2.62. The van der Waals surface area contributed by atoms with E-state index in [2.05, 4.69) is 10.3 Å². The fourth-order valence-corrected chi connectivity index (χ4v) is 3.42. The number of carbonyl (C=O) groups is 1. The van der Waals surface area contributed by atoms with E-state index in [-0.39, 0.29) is 12.0 Å². The van der Waals surface area contributed by atoms with E-state index in [1.54, 1.807) is 0 Å². The Kier molecular flexibility index (Phi) is 4.95. The highest BCUT2D eigenvalue weighted by atomic mass is 19.3. The zero-order chi connectivity index (χ0) is 20.7. The summed E-state index contributed by atoms with van der Waals surface area (Å²) in [6.07, 6.45) is 2.64. The van der Waals surface area contributed by atoms with Gasteiger partial charge in [0, 0.05) is 11.8 Å². The van der Waals surface area contributed by atoms with Crippen LogP contribution in [0, 0.1) is 11.6 Å². The van der Waals surface area contributed by atoms with Gasteiger partial charge in [0.05, 0.1) is 6.20 Å². The number of nitrogens with one attached hydrogen (secondary N) is 1. The summed E-state index contributed by atoms with van der Waals surface area (Å²) >= 11 is 0. The highest BCUT2D eigenvalue weighted by molar-refractivity contribution is 5.79. The average Bonchev–Trinajstić information content (AvgIpc) is 2.66. The van der Waals surface area contributed by atoms with Crippen molar-refractivity contribution in [3.05, 3.63) is 65.0 Å². The molecule has 0 spiro atoms. The molecule has 1 saturated heterocycles. The summed E-state index contributed by atoms with van der Waals surface area (Å²) in [6.45, 7) is 2.83. The van der Waals surface area contributed by atoms with Gasteiger partial charge in [0.15, 0.2) is 0 Å². The SMILES string of the molecule is CC1(C)OCC(=O)N[C@](C)(c2cc(Cc3cncc(F)c3)ccc2F)C1(F)F. The molecule has 3 rings (SSSR count). The maximum absolute atomic E-state index is 15.4. The normalized spacial score (nSPS) is 23.8. The molecule has 28 heavy (non-hydrogen) atoms. The number of amides is 1. The van der Waals surface area contributed by atoms with Gasteiger partial charge in [-0.2, -0.15) is 0 Å². The number of hydrogen-bond acceptors (Lipinski definition) is 3. The van der Waals surface area contributed by atoms with Crippen molar-refractivity contribution >= 4 is 5.91 Å². The van der Waals surface area contributed by atoms with E-state index in [0.29, 0.717) is 11.1 Å². The smallest absolute Gasteiger partial charge is 0.302 e. The Labute approximate surface area is 159 Å². The van der Waals surface area contributed by atoms with Crippen LogP contribution >= 0.6 is 0 Å². The molecule has 1 aromatic heterocycles. The molecule has 1 fully saturated rings. The van der Waals surface area contributed by atoms with Crippen LogP contribution in [0.5, 0.6) is 0 Å². The van der Waals surface area contributed by atoms with Crippen LogP contribution in [0.3, 0.4) is 0 Å². The van der Waals surface area contributed by atoms with Crippen LogP contribution in [0.1, 0.15) is 37.5 Å². The second kappa shape index (κ2) is 6.84. The number of pyridine rings is 1. The average molecular weight is 396 g/mol. The minimum atomic E-state index is -3.63. The van der Waals surface area contributed by atoms with E-state index in [0.717, 1.165) is 33.0 Å². The number of halogens is 4. The molecule has 150 valence electrons. The van der Waals surface area contributed by atoms with Crippen LogP contribution in [0.25, 0.3) is 0 Å². The van der Waals surface area contributed by atoms with Crippen LogP contribution in [-0.4, -0.2) is 29.0 Å². The number of benzene rings is 1. The van der Waals surface area contributed by atoms with Crippen molar-refractivity contribution in [3.8, 4) is 0 Å². The number of hydrogen-bond donors (Lipinski definition) is 1. The number of carbonyl (C=O) groups excluding carboxylic acids is 1. The van der Waals surface area contributed by atoms with E-state index in [1.165, 1.54) is 24.4 Å². The second-order valence-electron chi connectivity index (χ2n) is 7.55. The summed E-state index contributed by atoms with van der Waals surface area (Å²) < 4.78 is 63.8. The maximum Gasteiger partial charge on any atom is 0.302 e. The Morgan fingerprint density at radius 3 is 2.50 bits per heavy atom. The topological polar surface area (TPSA) is 51.2 Å². The Morgan fingerprint density at radius 2 is 1.82 bits per heavy atom. The zero-order valence-corrected chi connectivity index (χ0v) is 15.7. The molecule has 0 unspecified atom stereocenters. The molecular weight excluding hydrogens is 376 g/mol. The molecule has 0 aliphatic carbocycles. The summed E-state index contributed by atoms with van der Waals surface area (Å²) in [6, 6.07) is 5.00. The van der Waals surface area contributed by atoms with Gasteiger partial charge in [-0.15, -0.1) is 0 Å². The van der Waals surface area contributed by atoms with Crippen LogP contribution < -0.4 is 5.32 Å².